The standard InChI is InChI=1S/C17H25NO3/c1-13-7-9-17(20,10-8-13)12-18-16(19)15-5-3-14(4-6-15)11-21-2/h3-6,13,20H,7-12H2,1-2H3,(H,18,19). The van der Waals surface area contributed by atoms with Gasteiger partial charge in [-0.05, 0) is 49.3 Å². The fourth-order valence-corrected chi connectivity index (χ4v) is 2.74. The molecule has 1 saturated carbocycles. The molecular formula is C17H25NO3. The van der Waals surface area contributed by atoms with E-state index in [0.29, 0.717) is 24.6 Å². The van der Waals surface area contributed by atoms with Crippen molar-refractivity contribution in [1.29, 1.82) is 0 Å². The molecule has 1 aromatic rings. The first-order chi connectivity index (χ1) is 10.0. The summed E-state index contributed by atoms with van der Waals surface area (Å²) < 4.78 is 5.04. The molecule has 4 nitrogen and oxygen atoms in total. The molecule has 1 aliphatic carbocycles. The molecule has 4 heteroatoms. The van der Waals surface area contributed by atoms with Crippen molar-refractivity contribution in [3.63, 3.8) is 0 Å². The number of amides is 1. The number of hydrogen-bond donors (Lipinski definition) is 2. The summed E-state index contributed by atoms with van der Waals surface area (Å²) in [6.45, 7) is 3.08. The summed E-state index contributed by atoms with van der Waals surface area (Å²) in [6.07, 6.45) is 3.58. The van der Waals surface area contributed by atoms with Crippen LogP contribution in [0, 0.1) is 5.92 Å². The average Bonchev–Trinajstić information content (AvgIpc) is 2.49. The summed E-state index contributed by atoms with van der Waals surface area (Å²) in [4.78, 5) is 12.1. The Balaban J connectivity index is 1.86. The average molecular weight is 291 g/mol. The monoisotopic (exact) mass is 291 g/mol. The van der Waals surface area contributed by atoms with Crippen molar-refractivity contribution in [3.05, 3.63) is 35.4 Å². The molecule has 0 spiro atoms. The molecule has 1 aromatic carbocycles. The molecule has 1 aliphatic rings. The zero-order valence-electron chi connectivity index (χ0n) is 12.9. The van der Waals surface area contributed by atoms with Crippen molar-refractivity contribution < 1.29 is 14.6 Å². The van der Waals surface area contributed by atoms with Crippen LogP contribution < -0.4 is 5.32 Å². The zero-order chi connectivity index (χ0) is 15.3. The minimum Gasteiger partial charge on any atom is -0.388 e. The molecular weight excluding hydrogens is 266 g/mol. The third kappa shape index (κ3) is 4.55. The second-order valence-electron chi connectivity index (χ2n) is 6.22. The molecule has 0 aromatic heterocycles. The Bertz CT molecular complexity index is 461. The maximum atomic E-state index is 12.1. The van der Waals surface area contributed by atoms with E-state index in [4.69, 9.17) is 4.74 Å². The number of nitrogens with one attached hydrogen (secondary N) is 1. The molecule has 0 heterocycles. The van der Waals surface area contributed by atoms with Crippen LogP contribution in [-0.4, -0.2) is 30.3 Å². The van der Waals surface area contributed by atoms with Gasteiger partial charge in [-0.3, -0.25) is 4.79 Å². The van der Waals surface area contributed by atoms with Gasteiger partial charge in [0, 0.05) is 19.2 Å². The van der Waals surface area contributed by atoms with Gasteiger partial charge in [0.25, 0.3) is 5.91 Å². The lowest BCUT2D eigenvalue weighted by Gasteiger charge is -2.34. The zero-order valence-corrected chi connectivity index (χ0v) is 12.9. The lowest BCUT2D eigenvalue weighted by molar-refractivity contribution is -0.00539. The first-order valence-corrected chi connectivity index (χ1v) is 7.61. The van der Waals surface area contributed by atoms with Gasteiger partial charge in [0.05, 0.1) is 12.2 Å². The maximum Gasteiger partial charge on any atom is 0.251 e. The van der Waals surface area contributed by atoms with Gasteiger partial charge in [-0.15, -0.1) is 0 Å². The summed E-state index contributed by atoms with van der Waals surface area (Å²) in [7, 11) is 1.65. The Morgan fingerprint density at radius 2 is 1.95 bits per heavy atom. The van der Waals surface area contributed by atoms with E-state index in [1.807, 2.05) is 12.1 Å². The molecule has 116 valence electrons. The van der Waals surface area contributed by atoms with Crippen LogP contribution in [0.1, 0.15) is 48.5 Å². The molecule has 2 N–H and O–H groups in total. The lowest BCUT2D eigenvalue weighted by Crippen LogP contribution is -2.45. The first kappa shape index (κ1) is 16.0. The van der Waals surface area contributed by atoms with E-state index >= 15 is 0 Å². The molecule has 0 bridgehead atoms. The minimum absolute atomic E-state index is 0.133. The number of aliphatic hydroxyl groups is 1. The molecule has 0 saturated heterocycles. The van der Waals surface area contributed by atoms with Gasteiger partial charge in [-0.25, -0.2) is 0 Å². The van der Waals surface area contributed by atoms with Crippen LogP contribution in [0.15, 0.2) is 24.3 Å². The van der Waals surface area contributed by atoms with Gasteiger partial charge < -0.3 is 15.2 Å². The Morgan fingerprint density at radius 1 is 1.33 bits per heavy atom. The Labute approximate surface area is 126 Å². The second-order valence-corrected chi connectivity index (χ2v) is 6.22. The number of carbonyl (C=O) groups excluding carboxylic acids is 1. The predicted octanol–water partition coefficient (Wildman–Crippen LogP) is 2.50. The van der Waals surface area contributed by atoms with Crippen LogP contribution >= 0.6 is 0 Å². The maximum absolute atomic E-state index is 12.1. The summed E-state index contributed by atoms with van der Waals surface area (Å²) in [5, 5.41) is 13.3. The molecule has 0 aliphatic heterocycles. The molecule has 1 amide bonds. The van der Waals surface area contributed by atoms with E-state index in [1.165, 1.54) is 0 Å². The fraction of sp³-hybridized carbons (Fsp3) is 0.588. The quantitative estimate of drug-likeness (QED) is 0.876. The van der Waals surface area contributed by atoms with Crippen molar-refractivity contribution in [2.75, 3.05) is 13.7 Å². The van der Waals surface area contributed by atoms with Gasteiger partial charge in [0.15, 0.2) is 0 Å². The highest BCUT2D eigenvalue weighted by molar-refractivity contribution is 5.94. The smallest absolute Gasteiger partial charge is 0.251 e. The van der Waals surface area contributed by atoms with Gasteiger partial charge >= 0.3 is 0 Å². The van der Waals surface area contributed by atoms with Crippen LogP contribution in [0.25, 0.3) is 0 Å². The number of ether oxygens (including phenoxy) is 1. The van der Waals surface area contributed by atoms with E-state index in [2.05, 4.69) is 12.2 Å². The van der Waals surface area contributed by atoms with E-state index in [0.717, 1.165) is 31.2 Å². The van der Waals surface area contributed by atoms with Gasteiger partial charge in [0.1, 0.15) is 0 Å². The van der Waals surface area contributed by atoms with Gasteiger partial charge in [-0.1, -0.05) is 19.1 Å². The highest BCUT2D eigenvalue weighted by Gasteiger charge is 2.32. The molecule has 2 rings (SSSR count). The third-order valence-corrected chi connectivity index (χ3v) is 4.31. The Morgan fingerprint density at radius 3 is 2.52 bits per heavy atom. The van der Waals surface area contributed by atoms with Crippen molar-refractivity contribution >= 4 is 5.91 Å². The first-order valence-electron chi connectivity index (χ1n) is 7.61. The molecule has 21 heavy (non-hydrogen) atoms. The van der Waals surface area contributed by atoms with Crippen LogP contribution in [0.2, 0.25) is 0 Å². The second kappa shape index (κ2) is 7.05. The Kier molecular flexibility index (Phi) is 5.37. The Hall–Kier alpha value is -1.39. The number of rotatable bonds is 5. The number of carbonyl (C=O) groups is 1. The topological polar surface area (TPSA) is 58.6 Å². The molecule has 1 fully saturated rings. The van der Waals surface area contributed by atoms with Crippen LogP contribution in [0.5, 0.6) is 0 Å². The highest BCUT2D eigenvalue weighted by Crippen LogP contribution is 2.31. The lowest BCUT2D eigenvalue weighted by atomic mass is 9.79. The van der Waals surface area contributed by atoms with Crippen molar-refractivity contribution in [3.8, 4) is 0 Å². The number of methoxy groups -OCH3 is 1. The van der Waals surface area contributed by atoms with E-state index in [1.54, 1.807) is 19.2 Å². The fourth-order valence-electron chi connectivity index (χ4n) is 2.74. The van der Waals surface area contributed by atoms with Gasteiger partial charge in [0.2, 0.25) is 0 Å². The number of hydrogen-bond acceptors (Lipinski definition) is 3. The van der Waals surface area contributed by atoms with Crippen LogP contribution in [-0.2, 0) is 11.3 Å². The van der Waals surface area contributed by atoms with E-state index in [9.17, 15) is 9.90 Å². The SMILES string of the molecule is COCc1ccc(C(=O)NCC2(O)CCC(C)CC2)cc1. The van der Waals surface area contributed by atoms with Crippen molar-refractivity contribution in [2.45, 2.75) is 44.8 Å². The van der Waals surface area contributed by atoms with Crippen molar-refractivity contribution in [2.24, 2.45) is 5.92 Å². The molecule has 0 unspecified atom stereocenters. The van der Waals surface area contributed by atoms with Gasteiger partial charge in [-0.2, -0.15) is 0 Å². The summed E-state index contributed by atoms with van der Waals surface area (Å²) in [5.74, 6) is 0.542. The summed E-state index contributed by atoms with van der Waals surface area (Å²) in [5.41, 5.74) is 0.912. The largest absolute Gasteiger partial charge is 0.388 e. The normalized spacial score (nSPS) is 25.6. The summed E-state index contributed by atoms with van der Waals surface area (Å²) >= 11 is 0. The predicted molar refractivity (Wildman–Crippen MR) is 82.1 cm³/mol. The van der Waals surface area contributed by atoms with E-state index < -0.39 is 5.60 Å². The van der Waals surface area contributed by atoms with Crippen LogP contribution in [0.3, 0.4) is 0 Å². The molecule has 0 atom stereocenters. The minimum atomic E-state index is -0.738. The van der Waals surface area contributed by atoms with Crippen molar-refractivity contribution in [1.82, 2.24) is 5.32 Å². The van der Waals surface area contributed by atoms with E-state index in [-0.39, 0.29) is 5.91 Å². The third-order valence-electron chi connectivity index (χ3n) is 4.31. The van der Waals surface area contributed by atoms with Crippen LogP contribution in [0.4, 0.5) is 0 Å². The highest BCUT2D eigenvalue weighted by atomic mass is 16.5. The summed E-state index contributed by atoms with van der Waals surface area (Å²) in [6, 6.07) is 7.35. The number of benzene rings is 1. The molecule has 0 radical (unpaired) electrons.